The van der Waals surface area contributed by atoms with E-state index in [-0.39, 0.29) is 24.5 Å². The molecule has 0 aliphatic rings. The number of carbonyl (C=O) groups is 1. The summed E-state index contributed by atoms with van der Waals surface area (Å²) in [6.45, 7) is 8.90. The van der Waals surface area contributed by atoms with Gasteiger partial charge in [-0.2, -0.15) is 0 Å². The zero-order chi connectivity index (χ0) is 16.2. The van der Waals surface area contributed by atoms with E-state index in [9.17, 15) is 14.9 Å². The second kappa shape index (κ2) is 6.56. The summed E-state index contributed by atoms with van der Waals surface area (Å²) in [6.07, 6.45) is 0.0434. The topological polar surface area (TPSA) is 78.7 Å². The number of hydrogen-bond acceptors (Lipinski definition) is 5. The largest absolute Gasteiger partial charge is 0.486 e. The average molecular weight is 295 g/mol. The predicted octanol–water partition coefficient (Wildman–Crippen LogP) is 3.32. The maximum absolute atomic E-state index is 11.6. The molecule has 0 saturated carbocycles. The van der Waals surface area contributed by atoms with Crippen LogP contribution < -0.4 is 4.74 Å². The van der Waals surface area contributed by atoms with Crippen molar-refractivity contribution in [1.29, 1.82) is 0 Å². The van der Waals surface area contributed by atoms with E-state index in [2.05, 4.69) is 0 Å². The van der Waals surface area contributed by atoms with Crippen molar-refractivity contribution >= 4 is 11.7 Å². The number of nitro benzene ring substituents is 1. The van der Waals surface area contributed by atoms with Crippen LogP contribution in [0, 0.1) is 24.0 Å². The van der Waals surface area contributed by atoms with Crippen LogP contribution in [0.25, 0.3) is 0 Å². The van der Waals surface area contributed by atoms with E-state index >= 15 is 0 Å². The molecule has 0 heterocycles. The van der Waals surface area contributed by atoms with Gasteiger partial charge in [0.25, 0.3) is 0 Å². The molecule has 116 valence electrons. The molecule has 0 fully saturated rings. The van der Waals surface area contributed by atoms with Crippen LogP contribution in [0.2, 0.25) is 0 Å². The number of carbonyl (C=O) groups excluding carboxylic acids is 1. The zero-order valence-electron chi connectivity index (χ0n) is 13.1. The first kappa shape index (κ1) is 16.9. The summed E-state index contributed by atoms with van der Waals surface area (Å²) >= 11 is 0. The second-order valence-electron chi connectivity index (χ2n) is 5.87. The number of esters is 1. The van der Waals surface area contributed by atoms with Gasteiger partial charge in [-0.1, -0.05) is 6.07 Å². The number of nitrogens with zero attached hydrogens (tertiary/aromatic N) is 1. The van der Waals surface area contributed by atoms with Gasteiger partial charge in [-0.15, -0.1) is 0 Å². The molecule has 0 radical (unpaired) electrons. The first-order valence-electron chi connectivity index (χ1n) is 6.70. The molecule has 0 amide bonds. The lowest BCUT2D eigenvalue weighted by atomic mass is 10.1. The van der Waals surface area contributed by atoms with E-state index in [0.29, 0.717) is 5.56 Å². The summed E-state index contributed by atoms with van der Waals surface area (Å²) in [6, 6.07) is 3.26. The van der Waals surface area contributed by atoms with Crippen LogP contribution >= 0.6 is 0 Å². The van der Waals surface area contributed by atoms with Crippen molar-refractivity contribution in [3.8, 4) is 5.75 Å². The molecule has 0 aromatic heterocycles. The molecule has 1 aromatic carbocycles. The Morgan fingerprint density at radius 1 is 1.29 bits per heavy atom. The Balaban J connectivity index is 2.72. The lowest BCUT2D eigenvalue weighted by Crippen LogP contribution is -2.24. The van der Waals surface area contributed by atoms with Gasteiger partial charge in [-0.3, -0.25) is 14.9 Å². The summed E-state index contributed by atoms with van der Waals surface area (Å²) in [5, 5.41) is 11.0. The summed E-state index contributed by atoms with van der Waals surface area (Å²) in [4.78, 5) is 22.1. The Morgan fingerprint density at radius 3 is 2.43 bits per heavy atom. The standard InChI is InChI=1S/C15H21NO5/c1-10-8-11(2)14(12(9-10)16(18)19)20-7-6-13(17)21-15(3,4)5/h8-9H,6-7H2,1-5H3. The zero-order valence-corrected chi connectivity index (χ0v) is 13.1. The maximum Gasteiger partial charge on any atom is 0.311 e. The third kappa shape index (κ3) is 5.41. The minimum absolute atomic E-state index is 0.0413. The van der Waals surface area contributed by atoms with Gasteiger partial charge >= 0.3 is 11.7 Å². The maximum atomic E-state index is 11.6. The Hall–Kier alpha value is -2.11. The van der Waals surface area contributed by atoms with Gasteiger partial charge in [-0.25, -0.2) is 0 Å². The Bertz CT molecular complexity index is 546. The fraction of sp³-hybridized carbons (Fsp3) is 0.533. The first-order valence-corrected chi connectivity index (χ1v) is 6.70. The number of nitro groups is 1. The summed E-state index contributed by atoms with van der Waals surface area (Å²) in [7, 11) is 0. The van der Waals surface area contributed by atoms with Crippen LogP contribution in [0.15, 0.2) is 12.1 Å². The SMILES string of the molecule is Cc1cc(C)c(OCCC(=O)OC(C)(C)C)c([N+](=O)[O-])c1. The molecular formula is C15H21NO5. The minimum atomic E-state index is -0.553. The van der Waals surface area contributed by atoms with Crippen molar-refractivity contribution in [3.63, 3.8) is 0 Å². The van der Waals surface area contributed by atoms with Crippen LogP contribution in [-0.2, 0) is 9.53 Å². The van der Waals surface area contributed by atoms with Crippen LogP contribution in [0.3, 0.4) is 0 Å². The van der Waals surface area contributed by atoms with Crippen LogP contribution in [0.5, 0.6) is 5.75 Å². The molecule has 0 atom stereocenters. The molecule has 0 aliphatic heterocycles. The molecule has 1 aromatic rings. The Labute approximate surface area is 124 Å². The average Bonchev–Trinajstić information content (AvgIpc) is 2.28. The van der Waals surface area contributed by atoms with Gasteiger partial charge < -0.3 is 9.47 Å². The molecule has 0 saturated heterocycles. The molecule has 0 bridgehead atoms. The van der Waals surface area contributed by atoms with E-state index < -0.39 is 16.5 Å². The Kier molecular flexibility index (Phi) is 5.29. The van der Waals surface area contributed by atoms with E-state index in [1.807, 2.05) is 0 Å². The minimum Gasteiger partial charge on any atom is -0.486 e. The monoisotopic (exact) mass is 295 g/mol. The fourth-order valence-corrected chi connectivity index (χ4v) is 1.88. The summed E-state index contributed by atoms with van der Waals surface area (Å²) in [5.41, 5.74) is 0.823. The van der Waals surface area contributed by atoms with Crippen molar-refractivity contribution in [3.05, 3.63) is 33.4 Å². The molecule has 0 aliphatic carbocycles. The van der Waals surface area contributed by atoms with Crippen molar-refractivity contribution in [2.24, 2.45) is 0 Å². The van der Waals surface area contributed by atoms with E-state index in [1.54, 1.807) is 40.7 Å². The smallest absolute Gasteiger partial charge is 0.311 e. The van der Waals surface area contributed by atoms with Crippen molar-refractivity contribution in [2.45, 2.75) is 46.6 Å². The van der Waals surface area contributed by atoms with Gasteiger partial charge in [0.05, 0.1) is 18.0 Å². The van der Waals surface area contributed by atoms with Gasteiger partial charge in [-0.05, 0) is 45.7 Å². The molecule has 6 heteroatoms. The number of ether oxygens (including phenoxy) is 2. The van der Waals surface area contributed by atoms with Crippen molar-refractivity contribution < 1.29 is 19.2 Å². The van der Waals surface area contributed by atoms with E-state index in [4.69, 9.17) is 9.47 Å². The van der Waals surface area contributed by atoms with Gasteiger partial charge in [0.15, 0.2) is 5.75 Å². The third-order valence-corrected chi connectivity index (χ3v) is 2.57. The molecule has 21 heavy (non-hydrogen) atoms. The summed E-state index contributed by atoms with van der Waals surface area (Å²) < 4.78 is 10.6. The first-order chi connectivity index (χ1) is 9.60. The Morgan fingerprint density at radius 2 is 1.90 bits per heavy atom. The number of aryl methyl sites for hydroxylation is 2. The van der Waals surface area contributed by atoms with Crippen LogP contribution in [0.4, 0.5) is 5.69 Å². The highest BCUT2D eigenvalue weighted by atomic mass is 16.6. The van der Waals surface area contributed by atoms with E-state index in [1.165, 1.54) is 6.07 Å². The quantitative estimate of drug-likeness (QED) is 0.473. The highest BCUT2D eigenvalue weighted by Crippen LogP contribution is 2.32. The second-order valence-corrected chi connectivity index (χ2v) is 5.87. The fourth-order valence-electron chi connectivity index (χ4n) is 1.88. The van der Waals surface area contributed by atoms with Crippen molar-refractivity contribution in [2.75, 3.05) is 6.61 Å². The number of rotatable bonds is 5. The normalized spacial score (nSPS) is 11.1. The van der Waals surface area contributed by atoms with Gasteiger partial charge in [0.2, 0.25) is 0 Å². The van der Waals surface area contributed by atoms with Crippen molar-refractivity contribution in [1.82, 2.24) is 0 Å². The molecule has 1 rings (SSSR count). The van der Waals surface area contributed by atoms with Gasteiger partial charge in [0, 0.05) is 6.07 Å². The van der Waals surface area contributed by atoms with Crippen LogP contribution in [0.1, 0.15) is 38.3 Å². The van der Waals surface area contributed by atoms with Crippen LogP contribution in [-0.4, -0.2) is 23.1 Å². The van der Waals surface area contributed by atoms with Gasteiger partial charge in [0.1, 0.15) is 5.60 Å². The molecule has 0 N–H and O–H groups in total. The van der Waals surface area contributed by atoms with E-state index in [0.717, 1.165) is 5.56 Å². The summed E-state index contributed by atoms with van der Waals surface area (Å²) in [5.74, 6) is -0.191. The highest BCUT2D eigenvalue weighted by molar-refractivity contribution is 5.70. The highest BCUT2D eigenvalue weighted by Gasteiger charge is 2.20. The lowest BCUT2D eigenvalue weighted by molar-refractivity contribution is -0.386. The molecule has 0 unspecified atom stereocenters. The predicted molar refractivity (Wildman–Crippen MR) is 78.5 cm³/mol. The number of benzene rings is 1. The number of hydrogen-bond donors (Lipinski definition) is 0. The molecule has 0 spiro atoms. The molecular weight excluding hydrogens is 274 g/mol. The third-order valence-electron chi connectivity index (χ3n) is 2.57. The lowest BCUT2D eigenvalue weighted by Gasteiger charge is -2.19. The molecule has 6 nitrogen and oxygen atoms in total.